The van der Waals surface area contributed by atoms with E-state index in [4.69, 9.17) is 57.2 Å². The van der Waals surface area contributed by atoms with Crippen LogP contribution in [-0.4, -0.2) is 81.1 Å². The summed E-state index contributed by atoms with van der Waals surface area (Å²) in [5.74, 6) is 0. The molecule has 0 atom stereocenters. The summed E-state index contributed by atoms with van der Waals surface area (Å²) in [4.78, 5) is 34.4. The van der Waals surface area contributed by atoms with Crippen LogP contribution in [0.5, 0.6) is 0 Å². The second-order valence-corrected chi connectivity index (χ2v) is 10.9. The fourth-order valence-corrected chi connectivity index (χ4v) is 2.93. The largest absolute Gasteiger partial charge is 0.416 e. The Morgan fingerprint density at radius 2 is 1.20 bits per heavy atom. The van der Waals surface area contributed by atoms with Crippen LogP contribution in [-0.2, 0) is 12.4 Å². The number of benzene rings is 2. The molecule has 0 amide bonds. The number of alkyl halides is 9. The van der Waals surface area contributed by atoms with Crippen molar-refractivity contribution in [3.63, 3.8) is 0 Å². The van der Waals surface area contributed by atoms with Gasteiger partial charge in [0.1, 0.15) is 23.8 Å². The van der Waals surface area contributed by atoms with E-state index in [-0.39, 0.29) is 24.0 Å². The highest BCUT2D eigenvalue weighted by atomic mass is 35.6. The number of nitriles is 3. The zero-order valence-electron chi connectivity index (χ0n) is 28.4. The van der Waals surface area contributed by atoms with Gasteiger partial charge in [0.15, 0.2) is 10.6 Å². The van der Waals surface area contributed by atoms with Gasteiger partial charge in [-0.3, -0.25) is 25.0 Å². The zero-order chi connectivity index (χ0) is 43.2. The zero-order valence-corrected chi connectivity index (χ0v) is 30.7. The van der Waals surface area contributed by atoms with Gasteiger partial charge in [0.25, 0.3) is 17.9 Å². The summed E-state index contributed by atoms with van der Waals surface area (Å²) >= 11 is 14.4. The van der Waals surface area contributed by atoms with Crippen molar-refractivity contribution < 1.29 is 41.0 Å². The van der Waals surface area contributed by atoms with Gasteiger partial charge in [-0.25, -0.2) is 6.57 Å². The van der Waals surface area contributed by atoms with E-state index in [1.807, 2.05) is 0 Å². The van der Waals surface area contributed by atoms with Gasteiger partial charge in [0, 0.05) is 41.7 Å². The minimum absolute atomic E-state index is 0.0139. The molecule has 0 bridgehead atoms. The lowest BCUT2D eigenvalue weighted by atomic mass is 9.08. The summed E-state index contributed by atoms with van der Waals surface area (Å²) in [6.45, 7) is 16.1. The molecular weight excluding hydrogens is 790 g/mol. The first-order chi connectivity index (χ1) is 24.9. The summed E-state index contributed by atoms with van der Waals surface area (Å²) in [7, 11) is 14.0. The highest BCUT2D eigenvalue weighted by Crippen LogP contribution is 2.34. The first kappa shape index (κ1) is 56.0. The maximum Gasteiger partial charge on any atom is 0.416 e. The number of nitrogens with zero attached hydrogens (tertiary/aromatic N) is 7. The van der Waals surface area contributed by atoms with Crippen LogP contribution in [0.3, 0.4) is 0 Å². The van der Waals surface area contributed by atoms with Gasteiger partial charge in [0.05, 0.1) is 32.1 Å². The van der Waals surface area contributed by atoms with E-state index < -0.39 is 61.0 Å². The molecule has 0 unspecified atom stereocenters. The number of nitro benzene ring substituents is 2. The van der Waals surface area contributed by atoms with Gasteiger partial charge in [-0.1, -0.05) is 55.6 Å². The predicted molar refractivity (Wildman–Crippen MR) is 196 cm³/mol. The Hall–Kier alpha value is -4.72. The second kappa shape index (κ2) is 30.7. The van der Waals surface area contributed by atoms with Crippen molar-refractivity contribution in [3.05, 3.63) is 95.9 Å². The Labute approximate surface area is 326 Å². The third-order valence-corrected chi connectivity index (χ3v) is 5.27. The van der Waals surface area contributed by atoms with Crippen LogP contribution < -0.4 is 0 Å². The number of carbonyl (C=O) groups excluding carboxylic acids is 1. The highest BCUT2D eigenvalue weighted by Gasteiger charge is 2.33. The highest BCUT2D eigenvalue weighted by molar-refractivity contribution is 7.49. The summed E-state index contributed by atoms with van der Waals surface area (Å²) < 4.78 is 73.0. The van der Waals surface area contributed by atoms with Crippen LogP contribution in [0.25, 0.3) is 10.9 Å². The molecule has 2 aromatic carbocycles. The SMILES string of the molecule is CCN(CC)CC.ClC(Cl)Cl.N#CC(C#N)=Cc1ccc(C(F)(F)F)cc1[N+](=O)[O-].O=Cc1ccc(C(F)(F)F)cc1[N+](=O)[O-].[B]B([B])[B].[C-]#[N+]CC#N. The third kappa shape index (κ3) is 28.8. The number of rotatable bonds is 7. The summed E-state index contributed by atoms with van der Waals surface area (Å²) in [6.07, 6.45) is -9.04. The number of aldehydes is 1. The summed E-state index contributed by atoms with van der Waals surface area (Å²) in [6, 6.07) is 8.17. The molecule has 282 valence electrons. The van der Waals surface area contributed by atoms with Crippen molar-refractivity contribution >= 4 is 88.1 Å². The molecule has 0 aliphatic rings. The van der Waals surface area contributed by atoms with E-state index in [1.165, 1.54) is 31.8 Å². The topological polar surface area (TPSA) is 182 Å². The van der Waals surface area contributed by atoms with Gasteiger partial charge >= 0.3 is 12.4 Å². The second-order valence-electron chi connectivity index (χ2n) is 8.88. The molecule has 0 saturated heterocycles. The van der Waals surface area contributed by atoms with Crippen molar-refractivity contribution in [1.82, 2.24) is 4.90 Å². The first-order valence-electron chi connectivity index (χ1n) is 14.2. The van der Waals surface area contributed by atoms with E-state index in [0.29, 0.717) is 24.3 Å². The molecule has 0 fully saturated rings. The lowest BCUT2D eigenvalue weighted by Gasteiger charge is -2.13. The van der Waals surface area contributed by atoms with Gasteiger partial charge in [-0.15, -0.1) is 0 Å². The van der Waals surface area contributed by atoms with Gasteiger partial charge in [-0.05, 0) is 50.0 Å². The maximum atomic E-state index is 12.4. The number of halogens is 9. The molecule has 0 N–H and O–H groups in total. The van der Waals surface area contributed by atoms with Crippen molar-refractivity contribution in [2.45, 2.75) is 37.4 Å². The maximum absolute atomic E-state index is 12.4. The monoisotopic (exact) mass is 815 g/mol. The number of nitro groups is 2. The molecule has 6 radical (unpaired) electrons. The van der Waals surface area contributed by atoms with E-state index in [0.717, 1.165) is 18.2 Å². The van der Waals surface area contributed by atoms with Crippen molar-refractivity contribution in [3.8, 4) is 18.2 Å². The van der Waals surface area contributed by atoms with Crippen molar-refractivity contribution in [2.24, 2.45) is 0 Å². The van der Waals surface area contributed by atoms with Crippen molar-refractivity contribution in [1.29, 1.82) is 15.8 Å². The smallest absolute Gasteiger partial charge is 0.304 e. The molecule has 0 aromatic heterocycles. The molecule has 2 rings (SSSR count). The predicted octanol–water partition coefficient (Wildman–Crippen LogP) is 7.71. The van der Waals surface area contributed by atoms with Crippen LogP contribution in [0.1, 0.15) is 47.8 Å². The summed E-state index contributed by atoms with van der Waals surface area (Å²) in [5, 5.41) is 45.7. The van der Waals surface area contributed by atoms with Crippen LogP contribution in [0.4, 0.5) is 37.7 Å². The fourth-order valence-electron chi connectivity index (χ4n) is 2.93. The number of hydrogen-bond acceptors (Lipinski definition) is 9. The lowest BCUT2D eigenvalue weighted by molar-refractivity contribution is -0.385. The average molecular weight is 816 g/mol. The third-order valence-electron chi connectivity index (χ3n) is 5.27. The van der Waals surface area contributed by atoms with E-state index in [9.17, 15) is 51.4 Å². The lowest BCUT2D eigenvalue weighted by Crippen LogP contribution is -2.21. The molecule has 0 spiro atoms. The molecule has 54 heavy (non-hydrogen) atoms. The molecular formula is C29H26B4Cl3F6N7O5. The Morgan fingerprint density at radius 1 is 0.870 bits per heavy atom. The molecule has 12 nitrogen and oxygen atoms in total. The minimum Gasteiger partial charge on any atom is -0.304 e. The Bertz CT molecular complexity index is 1630. The number of hydrogen-bond donors (Lipinski definition) is 0. The number of carbonyl (C=O) groups is 1. The van der Waals surface area contributed by atoms with Gasteiger partial charge in [0.2, 0.25) is 0 Å². The minimum atomic E-state index is -4.71. The van der Waals surface area contributed by atoms with Crippen molar-refractivity contribution in [2.75, 3.05) is 26.2 Å². The van der Waals surface area contributed by atoms with Gasteiger partial charge < -0.3 is 9.74 Å². The van der Waals surface area contributed by atoms with Crippen LogP contribution >= 0.6 is 34.8 Å². The Kier molecular flexibility index (Phi) is 31.9. The fraction of sp³-hybridized carbons (Fsp3) is 0.345. The van der Waals surface area contributed by atoms with E-state index in [2.05, 4.69) is 53.7 Å². The molecule has 25 heteroatoms. The van der Waals surface area contributed by atoms with Crippen LogP contribution in [0.15, 0.2) is 42.0 Å². The molecule has 0 aliphatic heterocycles. The molecule has 0 aliphatic carbocycles. The molecule has 0 heterocycles. The summed E-state index contributed by atoms with van der Waals surface area (Å²) in [5.41, 5.74) is -5.06. The normalized spacial score (nSPS) is 9.52. The quantitative estimate of drug-likeness (QED) is 0.0311. The van der Waals surface area contributed by atoms with Gasteiger partial charge in [-0.2, -0.15) is 42.1 Å². The first-order valence-corrected chi connectivity index (χ1v) is 15.5. The van der Waals surface area contributed by atoms with Crippen LogP contribution in [0.2, 0.25) is 0 Å². The molecule has 0 saturated carbocycles. The number of allylic oxidation sites excluding steroid dienone is 1. The van der Waals surface area contributed by atoms with E-state index in [1.54, 1.807) is 6.07 Å². The Balaban J connectivity index is -0.000000314. The molecule has 2 aromatic rings. The van der Waals surface area contributed by atoms with E-state index >= 15 is 0 Å². The Morgan fingerprint density at radius 3 is 1.41 bits per heavy atom. The standard InChI is InChI=1S/C11H4F3N3O2.C8H4F3NO3.C6H15N.C3H2N2.CHCl3.B4/c12-11(13,14)9-2-1-8(3-7(5-15)6-16)10(4-9)17(18)19;9-8(10,11)6-2-1-5(4-13)7(3-6)12(14)15;1-4-7(5-2)6-3;1-5-3-2-4;2-1(3)4;1-4(2)3/h1-4H;1-4H;4-6H2,1-3H3;3H2;1H;. The van der Waals surface area contributed by atoms with Crippen LogP contribution in [0, 0.1) is 60.8 Å². The average Bonchev–Trinajstić information content (AvgIpc) is 3.07.